The van der Waals surface area contributed by atoms with Gasteiger partial charge in [0, 0.05) is 7.05 Å². The molecule has 1 heterocycles. The second-order valence-corrected chi connectivity index (χ2v) is 4.35. The smallest absolute Gasteiger partial charge is 0.173 e. The number of hydrogen-bond donors (Lipinski definition) is 2. The van der Waals surface area contributed by atoms with E-state index in [1.807, 2.05) is 6.92 Å². The fourth-order valence-electron chi connectivity index (χ4n) is 1.86. The van der Waals surface area contributed by atoms with Gasteiger partial charge in [-0.05, 0) is 32.0 Å². The molecule has 0 aliphatic rings. The zero-order valence-corrected chi connectivity index (χ0v) is 11.4. The number of oxime groups is 1. The van der Waals surface area contributed by atoms with E-state index in [0.717, 1.165) is 11.8 Å². The Bertz CT molecular complexity index is 679. The van der Waals surface area contributed by atoms with Crippen LogP contribution in [-0.4, -0.2) is 20.8 Å². The number of amidine groups is 1. The SMILES string of the molecule is Cc1nn(C)c(C)c1Oc1ccc(F)cc1C(N)=NO. The van der Waals surface area contributed by atoms with Crippen LogP contribution >= 0.6 is 0 Å². The predicted molar refractivity (Wildman–Crippen MR) is 71.7 cm³/mol. The third kappa shape index (κ3) is 2.42. The molecule has 0 amide bonds. The Hall–Kier alpha value is -2.57. The number of halogens is 1. The van der Waals surface area contributed by atoms with E-state index in [1.54, 1.807) is 18.7 Å². The quantitative estimate of drug-likeness (QED) is 0.389. The molecule has 0 unspecified atom stereocenters. The molecule has 0 bridgehead atoms. The zero-order valence-electron chi connectivity index (χ0n) is 11.4. The number of aryl methyl sites for hydroxylation is 2. The van der Waals surface area contributed by atoms with Crippen LogP contribution in [0.5, 0.6) is 11.5 Å². The minimum atomic E-state index is -0.501. The number of hydrogen-bond acceptors (Lipinski definition) is 4. The van der Waals surface area contributed by atoms with Gasteiger partial charge in [-0.1, -0.05) is 5.16 Å². The van der Waals surface area contributed by atoms with Gasteiger partial charge < -0.3 is 15.7 Å². The molecular weight excluding hydrogens is 263 g/mol. The van der Waals surface area contributed by atoms with Crippen LogP contribution in [-0.2, 0) is 7.05 Å². The normalized spacial score (nSPS) is 11.7. The van der Waals surface area contributed by atoms with Gasteiger partial charge in [-0.3, -0.25) is 4.68 Å². The first-order valence-corrected chi connectivity index (χ1v) is 5.89. The lowest BCUT2D eigenvalue weighted by atomic mass is 10.2. The summed E-state index contributed by atoms with van der Waals surface area (Å²) in [5.74, 6) is 0.129. The fourth-order valence-corrected chi connectivity index (χ4v) is 1.86. The van der Waals surface area contributed by atoms with Crippen molar-refractivity contribution in [2.24, 2.45) is 17.9 Å². The van der Waals surface area contributed by atoms with Gasteiger partial charge in [-0.15, -0.1) is 0 Å². The van der Waals surface area contributed by atoms with Crippen molar-refractivity contribution in [2.45, 2.75) is 13.8 Å². The summed E-state index contributed by atoms with van der Waals surface area (Å²) in [7, 11) is 1.80. The number of nitrogens with two attached hydrogens (primary N) is 1. The number of aromatic nitrogens is 2. The Morgan fingerprint density at radius 3 is 2.70 bits per heavy atom. The van der Waals surface area contributed by atoms with Crippen LogP contribution in [0.4, 0.5) is 4.39 Å². The van der Waals surface area contributed by atoms with Crippen molar-refractivity contribution in [3.05, 3.63) is 41.0 Å². The van der Waals surface area contributed by atoms with Gasteiger partial charge in [0.15, 0.2) is 11.6 Å². The maximum Gasteiger partial charge on any atom is 0.173 e. The Morgan fingerprint density at radius 1 is 1.45 bits per heavy atom. The van der Waals surface area contributed by atoms with E-state index >= 15 is 0 Å². The second-order valence-electron chi connectivity index (χ2n) is 4.35. The molecular formula is C13H15FN4O2. The fraction of sp³-hybridized carbons (Fsp3) is 0.231. The van der Waals surface area contributed by atoms with E-state index in [-0.39, 0.29) is 11.4 Å². The minimum Gasteiger partial charge on any atom is -0.453 e. The second kappa shape index (κ2) is 5.20. The van der Waals surface area contributed by atoms with E-state index < -0.39 is 5.82 Å². The average molecular weight is 278 g/mol. The van der Waals surface area contributed by atoms with Gasteiger partial charge in [-0.25, -0.2) is 4.39 Å². The molecule has 6 nitrogen and oxygen atoms in total. The zero-order chi connectivity index (χ0) is 14.9. The van der Waals surface area contributed by atoms with Crippen molar-refractivity contribution in [1.82, 2.24) is 9.78 Å². The third-order valence-electron chi connectivity index (χ3n) is 2.98. The van der Waals surface area contributed by atoms with Crippen LogP contribution in [0.3, 0.4) is 0 Å². The topological polar surface area (TPSA) is 85.7 Å². The van der Waals surface area contributed by atoms with Crippen molar-refractivity contribution in [2.75, 3.05) is 0 Å². The summed E-state index contributed by atoms with van der Waals surface area (Å²) >= 11 is 0. The monoisotopic (exact) mass is 278 g/mol. The lowest BCUT2D eigenvalue weighted by Crippen LogP contribution is -2.14. The molecule has 0 saturated carbocycles. The van der Waals surface area contributed by atoms with E-state index in [2.05, 4.69) is 10.3 Å². The molecule has 2 rings (SSSR count). The van der Waals surface area contributed by atoms with Crippen LogP contribution in [0, 0.1) is 19.7 Å². The van der Waals surface area contributed by atoms with Crippen LogP contribution in [0.15, 0.2) is 23.4 Å². The van der Waals surface area contributed by atoms with Gasteiger partial charge in [0.1, 0.15) is 17.3 Å². The average Bonchev–Trinajstić information content (AvgIpc) is 2.66. The molecule has 3 N–H and O–H groups in total. The highest BCUT2D eigenvalue weighted by molar-refractivity contribution is 5.99. The summed E-state index contributed by atoms with van der Waals surface area (Å²) in [5, 5.41) is 15.9. The summed E-state index contributed by atoms with van der Waals surface area (Å²) in [6.07, 6.45) is 0. The number of benzene rings is 1. The molecule has 0 aliphatic heterocycles. The van der Waals surface area contributed by atoms with Gasteiger partial charge >= 0.3 is 0 Å². The molecule has 0 spiro atoms. The lowest BCUT2D eigenvalue weighted by Gasteiger charge is -2.10. The molecule has 0 saturated heterocycles. The molecule has 2 aromatic rings. The minimum absolute atomic E-state index is 0.176. The maximum atomic E-state index is 13.3. The summed E-state index contributed by atoms with van der Waals surface area (Å²) in [6.45, 7) is 3.65. The van der Waals surface area contributed by atoms with E-state index in [9.17, 15) is 4.39 Å². The van der Waals surface area contributed by atoms with Gasteiger partial charge in [0.2, 0.25) is 0 Å². The molecule has 1 aromatic heterocycles. The van der Waals surface area contributed by atoms with Crippen molar-refractivity contribution >= 4 is 5.84 Å². The van der Waals surface area contributed by atoms with Crippen molar-refractivity contribution in [3.63, 3.8) is 0 Å². The van der Waals surface area contributed by atoms with E-state index in [0.29, 0.717) is 17.2 Å². The Morgan fingerprint density at radius 2 is 2.15 bits per heavy atom. The van der Waals surface area contributed by atoms with E-state index in [1.165, 1.54) is 12.1 Å². The molecule has 0 radical (unpaired) electrons. The highest BCUT2D eigenvalue weighted by atomic mass is 19.1. The first-order chi connectivity index (χ1) is 9.43. The molecule has 0 atom stereocenters. The Labute approximate surface area is 115 Å². The van der Waals surface area contributed by atoms with Crippen molar-refractivity contribution in [3.8, 4) is 11.5 Å². The molecule has 106 valence electrons. The predicted octanol–water partition coefficient (Wildman–Crippen LogP) is 2.06. The van der Waals surface area contributed by atoms with Gasteiger partial charge in [0.05, 0.1) is 11.3 Å². The first kappa shape index (κ1) is 13.9. The van der Waals surface area contributed by atoms with Crippen LogP contribution in [0.25, 0.3) is 0 Å². The molecule has 0 aliphatic carbocycles. The highest BCUT2D eigenvalue weighted by Gasteiger charge is 2.16. The first-order valence-electron chi connectivity index (χ1n) is 5.89. The largest absolute Gasteiger partial charge is 0.453 e. The van der Waals surface area contributed by atoms with Crippen molar-refractivity contribution in [1.29, 1.82) is 0 Å². The van der Waals surface area contributed by atoms with Crippen LogP contribution in [0.1, 0.15) is 17.0 Å². The number of rotatable bonds is 3. The molecule has 20 heavy (non-hydrogen) atoms. The number of ether oxygens (including phenoxy) is 1. The van der Waals surface area contributed by atoms with Crippen LogP contribution < -0.4 is 10.5 Å². The maximum absolute atomic E-state index is 13.3. The lowest BCUT2D eigenvalue weighted by molar-refractivity contribution is 0.318. The third-order valence-corrected chi connectivity index (χ3v) is 2.98. The molecule has 0 fully saturated rings. The summed E-state index contributed by atoms with van der Waals surface area (Å²) in [5.41, 5.74) is 7.22. The van der Waals surface area contributed by atoms with Gasteiger partial charge in [0.25, 0.3) is 0 Å². The summed E-state index contributed by atoms with van der Waals surface area (Å²) in [4.78, 5) is 0. The summed E-state index contributed by atoms with van der Waals surface area (Å²) in [6, 6.07) is 3.81. The van der Waals surface area contributed by atoms with Gasteiger partial charge in [-0.2, -0.15) is 5.10 Å². The highest BCUT2D eigenvalue weighted by Crippen LogP contribution is 2.30. The molecule has 1 aromatic carbocycles. The standard InChI is InChI=1S/C13H15FN4O2/c1-7-12(8(2)18(3)16-7)20-11-5-4-9(14)6-10(11)13(15)17-19/h4-6,19H,1-3H3,(H2,15,17). The van der Waals surface area contributed by atoms with Crippen LogP contribution in [0.2, 0.25) is 0 Å². The Kier molecular flexibility index (Phi) is 3.60. The molecule has 7 heteroatoms. The Balaban J connectivity index is 2.48. The van der Waals surface area contributed by atoms with E-state index in [4.69, 9.17) is 15.7 Å². The number of nitrogens with zero attached hydrogens (tertiary/aromatic N) is 3. The van der Waals surface area contributed by atoms with Crippen molar-refractivity contribution < 1.29 is 14.3 Å². The summed E-state index contributed by atoms with van der Waals surface area (Å²) < 4.78 is 20.7.